The number of ether oxygens (including phenoxy) is 2. The molecule has 0 atom stereocenters. The fourth-order valence-corrected chi connectivity index (χ4v) is 4.44. The van der Waals surface area contributed by atoms with Gasteiger partial charge in [-0.25, -0.2) is 8.42 Å². The third kappa shape index (κ3) is 4.97. The van der Waals surface area contributed by atoms with E-state index in [1.165, 1.54) is 20.3 Å². The van der Waals surface area contributed by atoms with Crippen LogP contribution in [0.5, 0.6) is 11.5 Å². The molecule has 0 aliphatic rings. The second kappa shape index (κ2) is 9.09. The zero-order valence-electron chi connectivity index (χ0n) is 17.7. The van der Waals surface area contributed by atoms with Gasteiger partial charge in [-0.2, -0.15) is 0 Å². The van der Waals surface area contributed by atoms with Crippen molar-refractivity contribution in [2.45, 2.75) is 18.7 Å². The molecule has 0 fully saturated rings. The Morgan fingerprint density at radius 2 is 1.55 bits per heavy atom. The lowest BCUT2D eigenvalue weighted by atomic mass is 10.1. The van der Waals surface area contributed by atoms with Crippen molar-refractivity contribution in [1.29, 1.82) is 0 Å². The summed E-state index contributed by atoms with van der Waals surface area (Å²) in [5.74, 6) is 0.556. The maximum atomic E-state index is 13.0. The van der Waals surface area contributed by atoms with Gasteiger partial charge in [0.1, 0.15) is 0 Å². The van der Waals surface area contributed by atoms with E-state index in [1.54, 1.807) is 49.4 Å². The Balaban J connectivity index is 1.88. The molecule has 0 heterocycles. The first-order valence-electron chi connectivity index (χ1n) is 9.47. The summed E-state index contributed by atoms with van der Waals surface area (Å²) in [5.41, 5.74) is 2.52. The lowest BCUT2D eigenvalue weighted by molar-refractivity contribution is 0.102. The number of methoxy groups -OCH3 is 2. The van der Waals surface area contributed by atoms with Crippen molar-refractivity contribution in [1.82, 2.24) is 0 Å². The molecule has 2 N–H and O–H groups in total. The number of para-hydroxylation sites is 1. The Bertz CT molecular complexity index is 1220. The summed E-state index contributed by atoms with van der Waals surface area (Å²) >= 11 is 0. The minimum atomic E-state index is -3.88. The van der Waals surface area contributed by atoms with Gasteiger partial charge in [-0.05, 0) is 55.3 Å². The Hall–Kier alpha value is -3.52. The zero-order chi connectivity index (χ0) is 22.6. The van der Waals surface area contributed by atoms with E-state index in [-0.39, 0.29) is 10.5 Å². The van der Waals surface area contributed by atoms with Crippen LogP contribution in [-0.2, 0) is 10.0 Å². The van der Waals surface area contributed by atoms with Gasteiger partial charge in [-0.15, -0.1) is 0 Å². The van der Waals surface area contributed by atoms with Crippen molar-refractivity contribution >= 4 is 27.3 Å². The first-order valence-corrected chi connectivity index (χ1v) is 11.0. The third-order valence-corrected chi connectivity index (χ3v) is 6.28. The molecule has 0 bridgehead atoms. The zero-order valence-corrected chi connectivity index (χ0v) is 18.5. The second-order valence-electron chi connectivity index (χ2n) is 6.92. The first kappa shape index (κ1) is 22.2. The van der Waals surface area contributed by atoms with E-state index in [0.29, 0.717) is 28.4 Å². The highest BCUT2D eigenvalue weighted by Crippen LogP contribution is 2.30. The largest absolute Gasteiger partial charge is 0.493 e. The minimum absolute atomic E-state index is 0.0377. The van der Waals surface area contributed by atoms with Gasteiger partial charge in [0.25, 0.3) is 15.9 Å². The van der Waals surface area contributed by atoms with Crippen molar-refractivity contribution in [2.75, 3.05) is 24.3 Å². The maximum Gasteiger partial charge on any atom is 0.262 e. The molecule has 8 heteroatoms. The summed E-state index contributed by atoms with van der Waals surface area (Å²) in [6.45, 7) is 3.50. The molecule has 7 nitrogen and oxygen atoms in total. The van der Waals surface area contributed by atoms with Crippen LogP contribution in [-0.4, -0.2) is 28.5 Å². The highest BCUT2D eigenvalue weighted by Gasteiger charge is 2.20. The number of hydrogen-bond donors (Lipinski definition) is 2. The van der Waals surface area contributed by atoms with Gasteiger partial charge in [0.15, 0.2) is 11.5 Å². The molecular weight excluding hydrogens is 416 g/mol. The molecule has 3 aromatic carbocycles. The van der Waals surface area contributed by atoms with E-state index < -0.39 is 15.9 Å². The summed E-state index contributed by atoms with van der Waals surface area (Å²) in [4.78, 5) is 12.8. The molecule has 0 unspecified atom stereocenters. The number of sulfonamides is 1. The Morgan fingerprint density at radius 3 is 2.23 bits per heavy atom. The molecule has 162 valence electrons. The molecule has 0 aliphatic carbocycles. The predicted octanol–water partition coefficient (Wildman–Crippen LogP) is 4.37. The number of benzene rings is 3. The van der Waals surface area contributed by atoms with E-state index in [0.717, 1.165) is 5.56 Å². The molecule has 3 aromatic rings. The lowest BCUT2D eigenvalue weighted by Crippen LogP contribution is -2.17. The van der Waals surface area contributed by atoms with Crippen LogP contribution >= 0.6 is 0 Å². The number of hydrogen-bond acceptors (Lipinski definition) is 5. The Morgan fingerprint density at radius 1 is 0.839 bits per heavy atom. The molecular formula is C23H24N2O5S. The van der Waals surface area contributed by atoms with Crippen molar-refractivity contribution in [2.24, 2.45) is 0 Å². The Labute approximate surface area is 182 Å². The van der Waals surface area contributed by atoms with Crippen LogP contribution in [0.1, 0.15) is 21.5 Å². The highest BCUT2D eigenvalue weighted by molar-refractivity contribution is 7.92. The van der Waals surface area contributed by atoms with E-state index >= 15 is 0 Å². The van der Waals surface area contributed by atoms with Gasteiger partial charge in [-0.1, -0.05) is 24.3 Å². The fraction of sp³-hybridized carbons (Fsp3) is 0.174. The van der Waals surface area contributed by atoms with E-state index in [1.807, 2.05) is 19.1 Å². The molecule has 0 radical (unpaired) electrons. The molecule has 1 amide bonds. The summed E-state index contributed by atoms with van der Waals surface area (Å²) in [6.07, 6.45) is 0. The number of carbonyl (C=O) groups is 1. The molecule has 0 saturated carbocycles. The quantitative estimate of drug-likeness (QED) is 0.569. The molecule has 0 saturated heterocycles. The van der Waals surface area contributed by atoms with Crippen LogP contribution in [0.25, 0.3) is 0 Å². The third-order valence-electron chi connectivity index (χ3n) is 4.77. The van der Waals surface area contributed by atoms with Gasteiger partial charge in [0.2, 0.25) is 0 Å². The van der Waals surface area contributed by atoms with Crippen LogP contribution < -0.4 is 19.5 Å². The smallest absolute Gasteiger partial charge is 0.262 e. The number of aryl methyl sites for hydroxylation is 2. The maximum absolute atomic E-state index is 13.0. The van der Waals surface area contributed by atoms with Crippen LogP contribution in [0.4, 0.5) is 11.4 Å². The van der Waals surface area contributed by atoms with E-state index in [4.69, 9.17) is 9.47 Å². The Kier molecular flexibility index (Phi) is 6.50. The molecule has 31 heavy (non-hydrogen) atoms. The highest BCUT2D eigenvalue weighted by atomic mass is 32.2. The van der Waals surface area contributed by atoms with Crippen molar-refractivity contribution in [3.63, 3.8) is 0 Å². The van der Waals surface area contributed by atoms with Crippen molar-refractivity contribution in [3.8, 4) is 11.5 Å². The monoisotopic (exact) mass is 440 g/mol. The number of amides is 1. The van der Waals surface area contributed by atoms with Crippen molar-refractivity contribution < 1.29 is 22.7 Å². The van der Waals surface area contributed by atoms with Gasteiger partial charge in [0.05, 0.1) is 24.8 Å². The lowest BCUT2D eigenvalue weighted by Gasteiger charge is -2.14. The topological polar surface area (TPSA) is 93.7 Å². The van der Waals surface area contributed by atoms with Gasteiger partial charge in [-0.3, -0.25) is 9.52 Å². The average molecular weight is 441 g/mol. The minimum Gasteiger partial charge on any atom is -0.493 e. The summed E-state index contributed by atoms with van der Waals surface area (Å²) in [7, 11) is -0.856. The predicted molar refractivity (Wildman–Crippen MR) is 121 cm³/mol. The SMILES string of the molecule is COc1ccc(NC(=O)c2ccc(C)c(S(=O)(=O)Nc3ccccc3C)c2)cc1OC. The number of rotatable bonds is 7. The normalized spacial score (nSPS) is 11.0. The van der Waals surface area contributed by atoms with Gasteiger partial charge in [0, 0.05) is 17.3 Å². The van der Waals surface area contributed by atoms with Crippen molar-refractivity contribution in [3.05, 3.63) is 77.4 Å². The summed E-state index contributed by atoms with van der Waals surface area (Å²) in [5, 5.41) is 2.75. The van der Waals surface area contributed by atoms with E-state index in [2.05, 4.69) is 10.0 Å². The molecule has 3 rings (SSSR count). The van der Waals surface area contributed by atoms with Gasteiger partial charge >= 0.3 is 0 Å². The number of nitrogens with one attached hydrogen (secondary N) is 2. The molecule has 0 spiro atoms. The standard InChI is InChI=1S/C23H24N2O5S/c1-15-7-5-6-8-19(15)25-31(27,28)22-13-17(10-9-16(22)2)23(26)24-18-11-12-20(29-3)21(14-18)30-4/h5-14,25H,1-4H3,(H,24,26). The second-order valence-corrected chi connectivity index (χ2v) is 8.58. The van der Waals surface area contributed by atoms with Crippen LogP contribution in [0, 0.1) is 13.8 Å². The molecule has 0 aliphatic heterocycles. The van der Waals surface area contributed by atoms with Crippen LogP contribution in [0.2, 0.25) is 0 Å². The molecule has 0 aromatic heterocycles. The fourth-order valence-electron chi connectivity index (χ4n) is 3.04. The van der Waals surface area contributed by atoms with Crippen LogP contribution in [0.15, 0.2) is 65.6 Å². The number of carbonyl (C=O) groups excluding carboxylic acids is 1. The summed E-state index contributed by atoms with van der Waals surface area (Å²) in [6, 6.07) is 16.6. The number of anilines is 2. The van der Waals surface area contributed by atoms with E-state index in [9.17, 15) is 13.2 Å². The first-order chi connectivity index (χ1) is 14.7. The average Bonchev–Trinajstić information content (AvgIpc) is 2.75. The summed E-state index contributed by atoms with van der Waals surface area (Å²) < 4.78 is 39.0. The van der Waals surface area contributed by atoms with Crippen LogP contribution in [0.3, 0.4) is 0 Å². The van der Waals surface area contributed by atoms with Gasteiger partial charge < -0.3 is 14.8 Å².